The van der Waals surface area contributed by atoms with Crippen LogP contribution in [0.1, 0.15) is 29.7 Å². The van der Waals surface area contributed by atoms with Gasteiger partial charge in [-0.1, -0.05) is 6.07 Å². The van der Waals surface area contributed by atoms with E-state index in [0.29, 0.717) is 0 Å². The van der Waals surface area contributed by atoms with Crippen LogP contribution < -0.4 is 10.7 Å². The number of likely N-dealkylation sites (tertiary alicyclic amines) is 1. The first-order valence-electron chi connectivity index (χ1n) is 9.23. The second kappa shape index (κ2) is 6.24. The highest BCUT2D eigenvalue weighted by Crippen LogP contribution is 2.33. The third-order valence-electron chi connectivity index (χ3n) is 5.96. The number of aromatic amines is 1. The Bertz CT molecular complexity index is 860. The van der Waals surface area contributed by atoms with Gasteiger partial charge in [0.25, 0.3) is 0 Å². The molecule has 3 N–H and O–H groups in total. The fourth-order valence-corrected chi connectivity index (χ4v) is 4.52. The van der Waals surface area contributed by atoms with E-state index in [9.17, 15) is 9.90 Å². The van der Waals surface area contributed by atoms with Crippen molar-refractivity contribution in [3.8, 4) is 0 Å². The summed E-state index contributed by atoms with van der Waals surface area (Å²) in [5.74, 6) is 0.270. The molecule has 2 saturated heterocycles. The maximum absolute atomic E-state index is 12.5. The van der Waals surface area contributed by atoms with Crippen molar-refractivity contribution in [2.24, 2.45) is 5.92 Å². The van der Waals surface area contributed by atoms with E-state index in [0.717, 1.165) is 73.3 Å². The predicted octanol–water partition coefficient (Wildman–Crippen LogP) is 1.69. The van der Waals surface area contributed by atoms with Crippen molar-refractivity contribution in [1.29, 1.82) is 0 Å². The van der Waals surface area contributed by atoms with Gasteiger partial charge in [-0.15, -0.1) is 0 Å². The summed E-state index contributed by atoms with van der Waals surface area (Å²) in [6.07, 6.45) is 1.66. The average molecular weight is 341 g/mol. The van der Waals surface area contributed by atoms with Gasteiger partial charge in [0.05, 0.1) is 11.1 Å². The number of rotatable bonds is 2. The minimum atomic E-state index is -0.507. The summed E-state index contributed by atoms with van der Waals surface area (Å²) in [7, 11) is 0. The Labute approximate surface area is 148 Å². The first-order chi connectivity index (χ1) is 11.9. The first-order valence-corrected chi connectivity index (χ1v) is 9.23. The number of benzene rings is 1. The van der Waals surface area contributed by atoms with Gasteiger partial charge in [-0.25, -0.2) is 0 Å². The van der Waals surface area contributed by atoms with Crippen LogP contribution in [-0.2, 0) is 6.54 Å². The van der Waals surface area contributed by atoms with Crippen LogP contribution in [0, 0.1) is 19.8 Å². The van der Waals surface area contributed by atoms with Gasteiger partial charge in [0, 0.05) is 49.2 Å². The minimum absolute atomic E-state index is 0.0865. The molecule has 5 nitrogen and oxygen atoms in total. The lowest BCUT2D eigenvalue weighted by atomic mass is 9.76. The van der Waals surface area contributed by atoms with E-state index in [1.54, 1.807) is 6.07 Å². The van der Waals surface area contributed by atoms with Gasteiger partial charge in [-0.2, -0.15) is 0 Å². The fourth-order valence-electron chi connectivity index (χ4n) is 4.52. The number of nitrogens with one attached hydrogen (secondary N) is 2. The summed E-state index contributed by atoms with van der Waals surface area (Å²) < 4.78 is 0. The van der Waals surface area contributed by atoms with Crippen molar-refractivity contribution >= 4 is 10.9 Å². The standard InChI is InChI=1S/C20H27N3O2/c1-13-7-14(2)19-17(8-13)18(24)9-16(22-19)12-23-6-4-20(25)3-5-21-10-15(20)11-23/h7-9,15,21,25H,3-6,10-12H2,1-2H3,(H,22,24)/t15-,20-/m0/s1. The van der Waals surface area contributed by atoms with Crippen molar-refractivity contribution in [2.45, 2.75) is 38.8 Å². The van der Waals surface area contributed by atoms with Gasteiger partial charge >= 0.3 is 0 Å². The summed E-state index contributed by atoms with van der Waals surface area (Å²) in [4.78, 5) is 18.4. The smallest absolute Gasteiger partial charge is 0.189 e. The van der Waals surface area contributed by atoms with Crippen molar-refractivity contribution in [1.82, 2.24) is 15.2 Å². The van der Waals surface area contributed by atoms with E-state index in [1.807, 2.05) is 19.9 Å². The molecule has 2 aliphatic rings. The number of piperidine rings is 2. The number of pyridine rings is 1. The van der Waals surface area contributed by atoms with Crippen LogP contribution in [0.5, 0.6) is 0 Å². The maximum atomic E-state index is 12.5. The highest BCUT2D eigenvalue weighted by atomic mass is 16.3. The zero-order valence-electron chi connectivity index (χ0n) is 15.1. The molecule has 2 atom stereocenters. The average Bonchev–Trinajstić information content (AvgIpc) is 2.56. The Balaban J connectivity index is 1.58. The number of nitrogens with zero attached hydrogens (tertiary/aromatic N) is 1. The first kappa shape index (κ1) is 16.8. The highest BCUT2D eigenvalue weighted by Gasteiger charge is 2.42. The molecule has 0 bridgehead atoms. The molecule has 3 heterocycles. The van der Waals surface area contributed by atoms with Gasteiger partial charge in [0.15, 0.2) is 5.43 Å². The molecular weight excluding hydrogens is 314 g/mol. The van der Waals surface area contributed by atoms with Gasteiger partial charge in [0.1, 0.15) is 0 Å². The molecule has 5 heteroatoms. The third-order valence-corrected chi connectivity index (χ3v) is 5.96. The molecule has 2 aromatic rings. The number of aromatic nitrogens is 1. The van der Waals surface area contributed by atoms with Crippen LogP contribution in [0.2, 0.25) is 0 Å². The highest BCUT2D eigenvalue weighted by molar-refractivity contribution is 5.82. The monoisotopic (exact) mass is 341 g/mol. The van der Waals surface area contributed by atoms with E-state index >= 15 is 0 Å². The maximum Gasteiger partial charge on any atom is 0.189 e. The number of H-pyrrole nitrogens is 1. The topological polar surface area (TPSA) is 68.4 Å². The summed E-state index contributed by atoms with van der Waals surface area (Å²) in [5, 5.41) is 15.0. The molecular formula is C20H27N3O2. The van der Waals surface area contributed by atoms with Crippen LogP contribution in [0.4, 0.5) is 0 Å². The van der Waals surface area contributed by atoms with Crippen molar-refractivity contribution in [2.75, 3.05) is 26.2 Å². The number of hydrogen-bond acceptors (Lipinski definition) is 4. The Morgan fingerprint density at radius 3 is 2.96 bits per heavy atom. The molecule has 0 saturated carbocycles. The zero-order chi connectivity index (χ0) is 17.6. The molecule has 4 rings (SSSR count). The minimum Gasteiger partial charge on any atom is -0.389 e. The Hall–Kier alpha value is -1.69. The van der Waals surface area contributed by atoms with Crippen LogP contribution >= 0.6 is 0 Å². The summed E-state index contributed by atoms with van der Waals surface area (Å²) >= 11 is 0. The normalized spacial score (nSPS) is 27.4. The lowest BCUT2D eigenvalue weighted by molar-refractivity contribution is -0.0901. The molecule has 0 unspecified atom stereocenters. The van der Waals surface area contributed by atoms with Crippen LogP contribution in [0.25, 0.3) is 10.9 Å². The Morgan fingerprint density at radius 1 is 1.28 bits per heavy atom. The molecule has 0 spiro atoms. The van der Waals surface area contributed by atoms with Gasteiger partial charge in [0.2, 0.25) is 0 Å². The molecule has 1 aromatic heterocycles. The molecule has 25 heavy (non-hydrogen) atoms. The van der Waals surface area contributed by atoms with Crippen molar-refractivity contribution in [3.05, 3.63) is 45.2 Å². The number of aliphatic hydroxyl groups is 1. The van der Waals surface area contributed by atoms with Crippen molar-refractivity contribution in [3.63, 3.8) is 0 Å². The van der Waals surface area contributed by atoms with Crippen molar-refractivity contribution < 1.29 is 5.11 Å². The summed E-state index contributed by atoms with van der Waals surface area (Å²) in [5.41, 5.74) is 3.71. The van der Waals surface area contributed by atoms with Crippen LogP contribution in [0.15, 0.2) is 23.0 Å². The number of fused-ring (bicyclic) bond motifs is 2. The molecule has 1 aromatic carbocycles. The second-order valence-electron chi connectivity index (χ2n) is 7.90. The van der Waals surface area contributed by atoms with Crippen LogP contribution in [-0.4, -0.2) is 46.8 Å². The van der Waals surface area contributed by atoms with E-state index in [2.05, 4.69) is 21.3 Å². The fraction of sp³-hybridized carbons (Fsp3) is 0.550. The largest absolute Gasteiger partial charge is 0.389 e. The Morgan fingerprint density at radius 2 is 2.12 bits per heavy atom. The second-order valence-corrected chi connectivity index (χ2v) is 7.90. The molecule has 0 amide bonds. The third kappa shape index (κ3) is 3.12. The molecule has 2 fully saturated rings. The number of aryl methyl sites for hydroxylation is 2. The molecule has 134 valence electrons. The predicted molar refractivity (Wildman–Crippen MR) is 99.9 cm³/mol. The van der Waals surface area contributed by atoms with Gasteiger partial charge in [-0.05, 0) is 50.4 Å². The Kier molecular flexibility index (Phi) is 4.18. The summed E-state index contributed by atoms with van der Waals surface area (Å²) in [6.45, 7) is 8.32. The molecule has 0 aliphatic carbocycles. The summed E-state index contributed by atoms with van der Waals surface area (Å²) in [6, 6.07) is 5.80. The quantitative estimate of drug-likeness (QED) is 0.778. The molecule has 0 radical (unpaired) electrons. The van der Waals surface area contributed by atoms with E-state index in [-0.39, 0.29) is 11.3 Å². The van der Waals surface area contributed by atoms with E-state index in [4.69, 9.17) is 0 Å². The van der Waals surface area contributed by atoms with Gasteiger partial charge < -0.3 is 15.4 Å². The van der Waals surface area contributed by atoms with E-state index < -0.39 is 5.60 Å². The number of hydrogen-bond donors (Lipinski definition) is 3. The molecule has 2 aliphatic heterocycles. The van der Waals surface area contributed by atoms with Gasteiger partial charge in [-0.3, -0.25) is 9.69 Å². The lowest BCUT2D eigenvalue weighted by Crippen LogP contribution is -2.58. The zero-order valence-corrected chi connectivity index (χ0v) is 15.1. The van der Waals surface area contributed by atoms with Crippen LogP contribution in [0.3, 0.4) is 0 Å². The lowest BCUT2D eigenvalue weighted by Gasteiger charge is -2.47. The SMILES string of the molecule is Cc1cc(C)c2[nH]c(CN3CC[C@@]4(O)CCNC[C@H]4C3)cc(=O)c2c1. The van der Waals surface area contributed by atoms with E-state index in [1.165, 1.54) is 0 Å².